The molecule has 51 heteroatoms. The average Bonchev–Trinajstić information content (AvgIpc) is 1.41. The van der Waals surface area contributed by atoms with Gasteiger partial charge in [0.1, 0.15) is 11.3 Å². The molecule has 15 rings (SSSR count). The predicted molar refractivity (Wildman–Crippen MR) is 494 cm³/mol. The molecular weight excluding hydrogens is 2120 g/mol. The molecule has 0 radical (unpaired) electrons. The van der Waals surface area contributed by atoms with Crippen LogP contribution in [0, 0.1) is 0 Å². The van der Waals surface area contributed by atoms with Gasteiger partial charge in [0.15, 0.2) is 29.1 Å². The monoisotopic (exact) mass is 2180 g/mol. The number of hydrogen-bond acceptors (Lipinski definition) is 16. The highest BCUT2D eigenvalue weighted by Gasteiger charge is 2.47. The number of nitrogens with two attached hydrogens (primary N) is 3. The van der Waals surface area contributed by atoms with E-state index in [1.165, 1.54) is 118 Å². The van der Waals surface area contributed by atoms with Gasteiger partial charge in [0.05, 0.1) is 87.1 Å². The molecule has 149 heavy (non-hydrogen) atoms. The lowest BCUT2D eigenvalue weighted by atomic mass is 9.97. The maximum Gasteiger partial charge on any atom is 0.416 e. The molecular formula is C98H69Cl2F26N13O8S2. The van der Waals surface area contributed by atoms with E-state index < -0.39 is 183 Å². The first-order chi connectivity index (χ1) is 68.9. The van der Waals surface area contributed by atoms with Crippen molar-refractivity contribution >= 4 is 119 Å². The number of halogens is 28. The zero-order valence-electron chi connectivity index (χ0n) is 75.9. The SMILES string of the molecule is CC(=O)/C(=C/c1ccnc(-c2cc(C(F)(F)F)cc(C(F)(F)F)c2)n1)c1cccc(Cl)c1Cl.CC1(F)CCN(S(=O)(=O)c2cccc(/C(=C\c3ccnc(-c4cc(C(F)(F)F)cc(C(F)(F)F)c4)n3)C(N)=O)c2)CC1.CC1(F)CN(S(=O)(=O)c2cccc(/C(=C\c3ccnc(-c4cc(C(F)(F)F)cc(C(F)(F)F)c4)n3)C(N)=O)c2)C1.NC(=O)/C(=C/c1ccnc(-c2cc(C(F)(F)F)cc(C(F)(F)F)c2)n1)c1ccc2c(c1)CC=C2. The summed E-state index contributed by atoms with van der Waals surface area (Å²) in [7, 11) is -8.16. The van der Waals surface area contributed by atoms with E-state index >= 15 is 0 Å². The van der Waals surface area contributed by atoms with E-state index in [-0.39, 0.29) is 157 Å². The summed E-state index contributed by atoms with van der Waals surface area (Å²) in [6.07, 6.45) is -26.5. The maximum atomic E-state index is 14.2. The van der Waals surface area contributed by atoms with Gasteiger partial charge in [-0.2, -0.15) is 114 Å². The lowest BCUT2D eigenvalue weighted by Gasteiger charge is -2.40. The summed E-state index contributed by atoms with van der Waals surface area (Å²) < 4.78 is 400. The number of carbonyl (C=O) groups is 4. The number of benzene rings is 8. The van der Waals surface area contributed by atoms with Crippen LogP contribution in [-0.4, -0.2) is 126 Å². The molecule has 2 fully saturated rings. The van der Waals surface area contributed by atoms with E-state index in [9.17, 15) is 150 Å². The molecule has 0 atom stereocenters. The van der Waals surface area contributed by atoms with Gasteiger partial charge in [-0.3, -0.25) is 19.2 Å². The number of alkyl halides is 26. The Bertz CT molecular complexity index is 7490. The summed E-state index contributed by atoms with van der Waals surface area (Å²) in [5, 5.41) is 0.288. The number of aromatic nitrogens is 8. The Balaban J connectivity index is 0.000000177. The van der Waals surface area contributed by atoms with E-state index in [0.717, 1.165) is 56.5 Å². The van der Waals surface area contributed by atoms with Crippen LogP contribution in [0.5, 0.6) is 0 Å². The quantitative estimate of drug-likeness (QED) is 0.0471. The van der Waals surface area contributed by atoms with Crippen LogP contribution in [-0.2, 0) is 95.1 Å². The molecule has 0 bridgehead atoms. The average molecular weight is 2190 g/mol. The number of Topliss-reactive ketones (excluding diaryl/α,β-unsaturated/α-hetero) is 1. The first-order valence-corrected chi connectivity index (χ1v) is 46.2. The largest absolute Gasteiger partial charge is 0.416 e. The molecule has 21 nitrogen and oxygen atoms in total. The van der Waals surface area contributed by atoms with E-state index in [1.54, 1.807) is 18.2 Å². The van der Waals surface area contributed by atoms with Crippen LogP contribution >= 0.6 is 23.2 Å². The maximum absolute atomic E-state index is 14.2. The fourth-order valence-corrected chi connectivity index (χ4v) is 18.3. The van der Waals surface area contributed by atoms with E-state index in [0.29, 0.717) is 60.5 Å². The van der Waals surface area contributed by atoms with E-state index in [1.807, 2.05) is 18.2 Å². The molecule has 6 heterocycles. The van der Waals surface area contributed by atoms with E-state index in [4.69, 9.17) is 40.4 Å². The van der Waals surface area contributed by atoms with Crippen molar-refractivity contribution < 1.29 is 150 Å². The summed E-state index contributed by atoms with van der Waals surface area (Å²) in [6.45, 7) is 3.10. The van der Waals surface area contributed by atoms with Crippen LogP contribution in [0.1, 0.15) is 134 Å². The van der Waals surface area contributed by atoms with Gasteiger partial charge < -0.3 is 17.2 Å². The molecule has 3 aliphatic rings. The Labute approximate surface area is 836 Å². The van der Waals surface area contributed by atoms with Gasteiger partial charge in [-0.25, -0.2) is 65.5 Å². The molecule has 3 amide bonds. The zero-order valence-corrected chi connectivity index (χ0v) is 79.1. The number of sulfonamides is 2. The number of ketones is 1. The smallest absolute Gasteiger partial charge is 0.366 e. The van der Waals surface area contributed by atoms with Crippen LogP contribution in [0.3, 0.4) is 0 Å². The zero-order chi connectivity index (χ0) is 110. The number of rotatable bonds is 20. The fraction of sp³-hybridized carbons (Fsp3) is 0.204. The van der Waals surface area contributed by atoms with Crippen LogP contribution < -0.4 is 17.2 Å². The molecule has 4 aromatic heterocycles. The van der Waals surface area contributed by atoms with Gasteiger partial charge in [-0.05, 0) is 220 Å². The lowest BCUT2D eigenvalue weighted by Crippen LogP contribution is -2.58. The van der Waals surface area contributed by atoms with Gasteiger partial charge in [0, 0.05) is 101 Å². The summed E-state index contributed by atoms with van der Waals surface area (Å²) in [5.74, 6) is -5.00. The third-order valence-corrected chi connectivity index (χ3v) is 26.6. The fourth-order valence-electron chi connectivity index (χ4n) is 14.7. The highest BCUT2D eigenvalue weighted by Crippen LogP contribution is 2.46. The Morgan fingerprint density at radius 2 is 0.651 bits per heavy atom. The number of carbonyl (C=O) groups excluding carboxylic acids is 4. The van der Waals surface area contributed by atoms with Gasteiger partial charge in [-0.1, -0.05) is 90.0 Å². The molecule has 2 aliphatic heterocycles. The predicted octanol–water partition coefficient (Wildman–Crippen LogP) is 24.1. The molecule has 2 saturated heterocycles. The van der Waals surface area contributed by atoms with Crippen molar-refractivity contribution in [2.75, 3.05) is 26.2 Å². The number of nitrogens with zero attached hydrogens (tertiary/aromatic N) is 10. The minimum Gasteiger partial charge on any atom is -0.366 e. The minimum atomic E-state index is -5.09. The highest BCUT2D eigenvalue weighted by molar-refractivity contribution is 7.89. The highest BCUT2D eigenvalue weighted by atomic mass is 35.5. The van der Waals surface area contributed by atoms with Gasteiger partial charge in [-0.15, -0.1) is 0 Å². The minimum absolute atomic E-state index is 0.00471. The third kappa shape index (κ3) is 28.5. The number of fused-ring (bicyclic) bond motifs is 1. The lowest BCUT2D eigenvalue weighted by molar-refractivity contribution is -0.144. The van der Waals surface area contributed by atoms with Crippen molar-refractivity contribution in [1.82, 2.24) is 48.5 Å². The number of primary amides is 3. The molecule has 1 aliphatic carbocycles. The second-order valence-electron chi connectivity index (χ2n) is 33.5. The van der Waals surface area contributed by atoms with Crippen LogP contribution in [0.15, 0.2) is 223 Å². The normalized spacial score (nSPS) is 15.1. The molecule has 12 aromatic rings. The Kier molecular flexibility index (Phi) is 32.9. The summed E-state index contributed by atoms with van der Waals surface area (Å²) >= 11 is 12.2. The van der Waals surface area contributed by atoms with Crippen molar-refractivity contribution in [3.05, 3.63) is 324 Å². The first kappa shape index (κ1) is 113. The second-order valence-corrected chi connectivity index (χ2v) is 38.1. The first-order valence-electron chi connectivity index (χ1n) is 42.5. The number of allylic oxidation sites excluding steroid dienone is 2. The number of amides is 3. The van der Waals surface area contributed by atoms with Crippen molar-refractivity contribution in [2.45, 2.75) is 111 Å². The summed E-state index contributed by atoms with van der Waals surface area (Å²) in [5.41, 5.74) is 1.52. The summed E-state index contributed by atoms with van der Waals surface area (Å²) in [6, 6.07) is 29.3. The van der Waals surface area contributed by atoms with Gasteiger partial charge >= 0.3 is 49.4 Å². The standard InChI is InChI=1S/C27H23F7N4O3S.C25H19F7N4O3S.C24H15F6N3O.C22H12Cl2F6N2O/c1-25(28)6-9-38(10-7-25)42(40,41)21-4-2-3-16(13-21)22(23(35)39)15-20-5-8-36-24(37-20)17-11-18(26(29,30)31)14-19(12-17)27(32,33)34;1-23(26)12-36(13-23)40(38,39)19-4-2-3-14(9-19)20(21(33)37)11-18-5-6-34-22(35-18)15-7-16(24(27,28)29)10-17(8-15)25(30,31)32;25-23(26,27)17-9-16(10-18(11-17)24(28,29)30)22-32-7-6-19(33-22)12-20(21(31)34)15-5-4-13-2-1-3-14(13)8-15;1-11(33)17(16-3-2-4-18(23)19(16)24)10-15-5-6-31-20(32-15)12-7-13(21(25,26)27)9-14(8-12)22(28,29)30/h2-5,8,11-15H,6-7,9-10H2,1H3,(H2,35,39);2-11H,12-13H2,1H3,(H2,33,37);1-2,4-12H,3H2,(H2,31,34);2-10H,1H3/b22-15+;20-11+;20-12+;17-10-. The molecule has 0 saturated carbocycles. The van der Waals surface area contributed by atoms with Crippen LogP contribution in [0.2, 0.25) is 10.0 Å². The Hall–Kier alpha value is -14.6. The molecule has 0 spiro atoms. The topological polar surface area (TPSA) is 324 Å². The van der Waals surface area contributed by atoms with Crippen LogP contribution in [0.4, 0.5) is 114 Å². The molecule has 782 valence electrons. The van der Waals surface area contributed by atoms with E-state index in [2.05, 4.69) is 39.9 Å². The van der Waals surface area contributed by atoms with Gasteiger partial charge in [0.2, 0.25) is 37.8 Å². The van der Waals surface area contributed by atoms with Crippen molar-refractivity contribution in [3.63, 3.8) is 0 Å². The van der Waals surface area contributed by atoms with Crippen molar-refractivity contribution in [2.24, 2.45) is 17.2 Å². The van der Waals surface area contributed by atoms with Crippen LogP contribution in [0.25, 0.3) is 98.2 Å². The van der Waals surface area contributed by atoms with Gasteiger partial charge in [0.25, 0.3) is 0 Å². The number of hydrogen-bond donors (Lipinski definition) is 3. The molecule has 0 unspecified atom stereocenters. The Morgan fingerprint density at radius 1 is 0.362 bits per heavy atom. The Morgan fingerprint density at radius 3 is 0.940 bits per heavy atom. The second kappa shape index (κ2) is 43.3. The molecule has 8 aromatic carbocycles. The van der Waals surface area contributed by atoms with Crippen molar-refractivity contribution in [3.8, 4) is 45.6 Å². The third-order valence-electron chi connectivity index (χ3n) is 22.1. The summed E-state index contributed by atoms with van der Waals surface area (Å²) in [4.78, 5) is 79.8. The van der Waals surface area contributed by atoms with Crippen molar-refractivity contribution in [1.29, 1.82) is 0 Å². The molecule has 6 N–H and O–H groups in total. The number of piperidine rings is 1.